The van der Waals surface area contributed by atoms with E-state index in [1.54, 1.807) is 18.3 Å². The number of aromatic nitrogens is 3. The topological polar surface area (TPSA) is 30.7 Å². The van der Waals surface area contributed by atoms with E-state index >= 15 is 0 Å². The van der Waals surface area contributed by atoms with E-state index in [0.29, 0.717) is 0 Å². The molecular formula is C27H18FN3. The zero-order chi connectivity index (χ0) is 20.9. The quantitative estimate of drug-likeness (QED) is 0.317. The molecule has 4 aromatic carbocycles. The second-order valence-electron chi connectivity index (χ2n) is 7.76. The van der Waals surface area contributed by atoms with Crippen LogP contribution in [0.4, 0.5) is 4.39 Å². The van der Waals surface area contributed by atoms with Crippen LogP contribution in [-0.4, -0.2) is 14.5 Å². The fraction of sp³-hybridized carbons (Fsp3) is 0.0370. The van der Waals surface area contributed by atoms with E-state index in [0.717, 1.165) is 44.6 Å². The Labute approximate surface area is 178 Å². The van der Waals surface area contributed by atoms with E-state index in [1.165, 1.54) is 22.9 Å². The van der Waals surface area contributed by atoms with Gasteiger partial charge in [0.25, 0.3) is 0 Å². The minimum atomic E-state index is -0.254. The summed E-state index contributed by atoms with van der Waals surface area (Å²) in [5, 5.41) is 3.46. The van der Waals surface area contributed by atoms with E-state index in [2.05, 4.69) is 70.2 Å². The maximum absolute atomic E-state index is 13.5. The van der Waals surface area contributed by atoms with Gasteiger partial charge >= 0.3 is 0 Å². The van der Waals surface area contributed by atoms with Gasteiger partial charge < -0.3 is 0 Å². The second-order valence-corrected chi connectivity index (χ2v) is 7.76. The van der Waals surface area contributed by atoms with Gasteiger partial charge in [-0.1, -0.05) is 42.5 Å². The number of hydrogen-bond acceptors (Lipinski definition) is 2. The fourth-order valence-electron chi connectivity index (χ4n) is 4.33. The average molecular weight is 403 g/mol. The Morgan fingerprint density at radius 3 is 2.32 bits per heavy atom. The molecule has 148 valence electrons. The highest BCUT2D eigenvalue weighted by molar-refractivity contribution is 6.05. The predicted molar refractivity (Wildman–Crippen MR) is 124 cm³/mol. The summed E-state index contributed by atoms with van der Waals surface area (Å²) in [6.07, 6.45) is 1.81. The van der Waals surface area contributed by atoms with Crippen LogP contribution in [0.25, 0.3) is 49.5 Å². The number of halogens is 1. The number of aryl methyl sites for hydroxylation is 1. The van der Waals surface area contributed by atoms with Crippen LogP contribution in [0.5, 0.6) is 0 Å². The van der Waals surface area contributed by atoms with Crippen molar-refractivity contribution < 1.29 is 4.39 Å². The first-order chi connectivity index (χ1) is 15.2. The van der Waals surface area contributed by atoms with Crippen LogP contribution in [0.1, 0.15) is 5.82 Å². The van der Waals surface area contributed by atoms with Crippen molar-refractivity contribution in [3.63, 3.8) is 0 Å². The Balaban J connectivity index is 1.62. The van der Waals surface area contributed by atoms with Crippen LogP contribution in [-0.2, 0) is 0 Å². The van der Waals surface area contributed by atoms with Gasteiger partial charge in [-0.2, -0.15) is 0 Å². The van der Waals surface area contributed by atoms with Crippen LogP contribution in [0, 0.1) is 12.7 Å². The zero-order valence-corrected chi connectivity index (χ0v) is 16.9. The van der Waals surface area contributed by atoms with E-state index in [1.807, 2.05) is 6.92 Å². The molecule has 0 fully saturated rings. The van der Waals surface area contributed by atoms with Crippen molar-refractivity contribution in [1.82, 2.24) is 14.5 Å². The molecule has 6 rings (SSSR count). The first-order valence-electron chi connectivity index (χ1n) is 10.2. The lowest BCUT2D eigenvalue weighted by Gasteiger charge is -2.10. The SMILES string of the molecule is Cc1nc2cnc3ccc(-c4ccc5ccccc5c4)cc3c2n1-c1ccc(F)cc1. The molecular weight excluding hydrogens is 385 g/mol. The molecule has 6 aromatic rings. The highest BCUT2D eigenvalue weighted by Crippen LogP contribution is 2.32. The molecule has 0 unspecified atom stereocenters. The van der Waals surface area contributed by atoms with Gasteiger partial charge in [0, 0.05) is 11.1 Å². The van der Waals surface area contributed by atoms with E-state index in [9.17, 15) is 4.39 Å². The monoisotopic (exact) mass is 403 g/mol. The molecule has 0 aliphatic rings. The Bertz CT molecular complexity index is 1600. The minimum Gasteiger partial charge on any atom is -0.296 e. The van der Waals surface area contributed by atoms with Gasteiger partial charge in [-0.15, -0.1) is 0 Å². The highest BCUT2D eigenvalue weighted by atomic mass is 19.1. The molecule has 0 bridgehead atoms. The van der Waals surface area contributed by atoms with E-state index in [-0.39, 0.29) is 5.82 Å². The number of pyridine rings is 1. The summed E-state index contributed by atoms with van der Waals surface area (Å²) in [5.74, 6) is 0.586. The van der Waals surface area contributed by atoms with Gasteiger partial charge in [-0.25, -0.2) is 9.37 Å². The molecule has 0 amide bonds. The predicted octanol–water partition coefficient (Wildman–Crippen LogP) is 6.84. The molecule has 0 saturated carbocycles. The third-order valence-electron chi connectivity index (χ3n) is 5.82. The zero-order valence-electron chi connectivity index (χ0n) is 16.9. The van der Waals surface area contributed by atoms with Crippen molar-refractivity contribution in [2.75, 3.05) is 0 Å². The molecule has 4 heteroatoms. The molecule has 3 nitrogen and oxygen atoms in total. The van der Waals surface area contributed by atoms with Crippen LogP contribution in [0.15, 0.2) is 91.1 Å². The molecule has 2 aromatic heterocycles. The highest BCUT2D eigenvalue weighted by Gasteiger charge is 2.14. The van der Waals surface area contributed by atoms with Crippen molar-refractivity contribution in [2.45, 2.75) is 6.92 Å². The number of rotatable bonds is 2. The molecule has 0 aliphatic heterocycles. The van der Waals surface area contributed by atoms with E-state index in [4.69, 9.17) is 4.98 Å². The van der Waals surface area contributed by atoms with Crippen molar-refractivity contribution in [1.29, 1.82) is 0 Å². The summed E-state index contributed by atoms with van der Waals surface area (Å²) in [6.45, 7) is 1.96. The second kappa shape index (κ2) is 6.74. The lowest BCUT2D eigenvalue weighted by molar-refractivity contribution is 0.627. The van der Waals surface area contributed by atoms with Crippen molar-refractivity contribution in [2.24, 2.45) is 0 Å². The standard InChI is InChI=1S/C27H18FN3/c1-17-30-26-16-29-25-13-8-21(20-7-6-18-4-2-3-5-19(18)14-20)15-24(25)27(26)31(17)23-11-9-22(28)10-12-23/h2-16H,1H3. The molecule has 0 N–H and O–H groups in total. The van der Waals surface area contributed by atoms with Gasteiger partial charge in [0.1, 0.15) is 17.2 Å². The number of nitrogens with zero attached hydrogens (tertiary/aromatic N) is 3. The molecule has 0 radical (unpaired) electrons. The normalized spacial score (nSPS) is 11.5. The molecule has 0 spiro atoms. The number of imidazole rings is 1. The Hall–Kier alpha value is -4.05. The molecule has 0 saturated heterocycles. The largest absolute Gasteiger partial charge is 0.296 e. The van der Waals surface area contributed by atoms with Gasteiger partial charge in [0.2, 0.25) is 0 Å². The van der Waals surface area contributed by atoms with Crippen LogP contribution >= 0.6 is 0 Å². The summed E-state index contributed by atoms with van der Waals surface area (Å²) in [5.41, 5.74) is 5.87. The minimum absolute atomic E-state index is 0.254. The Kier molecular flexibility index (Phi) is 3.87. The first kappa shape index (κ1) is 17.8. The Morgan fingerprint density at radius 2 is 1.48 bits per heavy atom. The lowest BCUT2D eigenvalue weighted by Crippen LogP contribution is -1.97. The van der Waals surface area contributed by atoms with Gasteiger partial charge in [0.05, 0.1) is 17.2 Å². The molecule has 31 heavy (non-hydrogen) atoms. The fourth-order valence-corrected chi connectivity index (χ4v) is 4.33. The summed E-state index contributed by atoms with van der Waals surface area (Å²) >= 11 is 0. The van der Waals surface area contributed by atoms with Gasteiger partial charge in [-0.3, -0.25) is 9.55 Å². The average Bonchev–Trinajstić information content (AvgIpc) is 3.15. The lowest BCUT2D eigenvalue weighted by atomic mass is 9.99. The molecule has 0 aliphatic carbocycles. The summed E-state index contributed by atoms with van der Waals surface area (Å²) in [4.78, 5) is 9.33. The van der Waals surface area contributed by atoms with Crippen molar-refractivity contribution in [3.8, 4) is 16.8 Å². The van der Waals surface area contributed by atoms with Crippen LogP contribution in [0.3, 0.4) is 0 Å². The van der Waals surface area contributed by atoms with Crippen LogP contribution in [0.2, 0.25) is 0 Å². The summed E-state index contributed by atoms with van der Waals surface area (Å²) in [6, 6.07) is 27.7. The van der Waals surface area contributed by atoms with E-state index < -0.39 is 0 Å². The molecule has 2 heterocycles. The smallest absolute Gasteiger partial charge is 0.123 e. The Morgan fingerprint density at radius 1 is 0.742 bits per heavy atom. The summed E-state index contributed by atoms with van der Waals surface area (Å²) < 4.78 is 15.6. The number of benzene rings is 4. The van der Waals surface area contributed by atoms with Crippen molar-refractivity contribution in [3.05, 3.63) is 103 Å². The number of fused-ring (bicyclic) bond motifs is 4. The van der Waals surface area contributed by atoms with Gasteiger partial charge in [0.15, 0.2) is 0 Å². The molecule has 0 atom stereocenters. The third-order valence-corrected chi connectivity index (χ3v) is 5.82. The summed E-state index contributed by atoms with van der Waals surface area (Å²) in [7, 11) is 0. The third kappa shape index (κ3) is 2.88. The maximum atomic E-state index is 13.5. The maximum Gasteiger partial charge on any atom is 0.123 e. The van der Waals surface area contributed by atoms with Gasteiger partial charge in [-0.05, 0) is 71.3 Å². The first-order valence-corrected chi connectivity index (χ1v) is 10.2. The van der Waals surface area contributed by atoms with Crippen molar-refractivity contribution >= 4 is 32.7 Å². The van der Waals surface area contributed by atoms with Crippen LogP contribution < -0.4 is 0 Å². The number of hydrogen-bond donors (Lipinski definition) is 0.